The van der Waals surface area contributed by atoms with E-state index in [2.05, 4.69) is 0 Å². The van der Waals surface area contributed by atoms with Crippen molar-refractivity contribution in [3.05, 3.63) is 35.9 Å². The molecule has 0 saturated heterocycles. The molecule has 0 heterocycles. The van der Waals surface area contributed by atoms with Crippen LogP contribution in [-0.2, 0) is 20.8 Å². The van der Waals surface area contributed by atoms with Crippen molar-refractivity contribution in [2.24, 2.45) is 0 Å². The van der Waals surface area contributed by atoms with Crippen LogP contribution < -0.4 is 0 Å². The molecular weight excluding hydrogens is 274 g/mol. The summed E-state index contributed by atoms with van der Waals surface area (Å²) >= 11 is 0. The van der Waals surface area contributed by atoms with Gasteiger partial charge in [0.15, 0.2) is 0 Å². The molecule has 0 saturated carbocycles. The number of rotatable bonds is 10. The summed E-state index contributed by atoms with van der Waals surface area (Å²) in [5, 5.41) is 17.9. The number of aliphatic carboxylic acids is 2. The zero-order valence-electron chi connectivity index (χ0n) is 11.6. The van der Waals surface area contributed by atoms with Crippen LogP contribution in [0.25, 0.3) is 0 Å². The summed E-state index contributed by atoms with van der Waals surface area (Å²) in [4.78, 5) is 34.1. The van der Waals surface area contributed by atoms with Crippen molar-refractivity contribution in [3.63, 3.8) is 0 Å². The molecule has 21 heavy (non-hydrogen) atoms. The lowest BCUT2D eigenvalue weighted by atomic mass is 10.1. The average Bonchev–Trinajstić information content (AvgIpc) is 2.46. The summed E-state index contributed by atoms with van der Waals surface area (Å²) in [7, 11) is 0. The van der Waals surface area contributed by atoms with Crippen LogP contribution in [0.1, 0.15) is 18.4 Å². The lowest BCUT2D eigenvalue weighted by molar-refractivity contribution is -0.146. The summed E-state index contributed by atoms with van der Waals surface area (Å²) in [6, 6.07) is 8.52. The highest BCUT2D eigenvalue weighted by Gasteiger charge is 2.25. The van der Waals surface area contributed by atoms with Crippen molar-refractivity contribution in [1.29, 1.82) is 0 Å². The molecule has 0 aliphatic rings. The van der Waals surface area contributed by atoms with Crippen molar-refractivity contribution in [1.82, 2.24) is 4.90 Å². The molecule has 0 spiro atoms. The van der Waals surface area contributed by atoms with Gasteiger partial charge in [-0.1, -0.05) is 30.3 Å². The van der Waals surface area contributed by atoms with Gasteiger partial charge in [0, 0.05) is 19.5 Å². The van der Waals surface area contributed by atoms with E-state index in [1.165, 1.54) is 4.90 Å². The summed E-state index contributed by atoms with van der Waals surface area (Å²) in [6.07, 6.45) is 0.847. The van der Waals surface area contributed by atoms with Gasteiger partial charge in [0.1, 0.15) is 12.3 Å². The monoisotopic (exact) mass is 293 g/mol. The van der Waals surface area contributed by atoms with E-state index in [4.69, 9.17) is 5.11 Å². The Bertz CT molecular complexity index is 474. The first-order valence-corrected chi connectivity index (χ1v) is 6.70. The lowest BCUT2D eigenvalue weighted by Gasteiger charge is -2.27. The molecule has 0 amide bonds. The van der Waals surface area contributed by atoms with Crippen LogP contribution in [0.5, 0.6) is 0 Å². The van der Waals surface area contributed by atoms with Crippen molar-refractivity contribution >= 4 is 18.2 Å². The highest BCUT2D eigenvalue weighted by molar-refractivity contribution is 5.77. The topological polar surface area (TPSA) is 94.9 Å². The van der Waals surface area contributed by atoms with E-state index in [1.54, 1.807) is 0 Å². The van der Waals surface area contributed by atoms with Crippen molar-refractivity contribution in [2.75, 3.05) is 13.1 Å². The molecule has 1 aromatic carbocycles. The third-order valence-electron chi connectivity index (χ3n) is 3.19. The quantitative estimate of drug-likeness (QED) is 0.626. The van der Waals surface area contributed by atoms with Crippen molar-refractivity contribution in [2.45, 2.75) is 25.3 Å². The molecule has 0 fully saturated rings. The molecule has 1 aromatic rings. The molecule has 0 bridgehead atoms. The van der Waals surface area contributed by atoms with Crippen LogP contribution in [0.4, 0.5) is 0 Å². The summed E-state index contributed by atoms with van der Waals surface area (Å²) in [6.45, 7) is 0.495. The number of carboxylic acid groups (broad SMARTS) is 2. The minimum Gasteiger partial charge on any atom is -0.481 e. The number of benzene rings is 1. The zero-order chi connectivity index (χ0) is 15.7. The first-order valence-electron chi connectivity index (χ1n) is 6.70. The van der Waals surface area contributed by atoms with E-state index < -0.39 is 18.0 Å². The van der Waals surface area contributed by atoms with Crippen LogP contribution >= 0.6 is 0 Å². The molecule has 1 atom stereocenters. The van der Waals surface area contributed by atoms with E-state index >= 15 is 0 Å². The molecule has 0 aliphatic heterocycles. The Morgan fingerprint density at radius 2 is 1.81 bits per heavy atom. The van der Waals surface area contributed by atoms with E-state index in [-0.39, 0.29) is 19.4 Å². The maximum absolute atomic E-state index is 11.2. The van der Waals surface area contributed by atoms with E-state index in [0.717, 1.165) is 5.56 Å². The summed E-state index contributed by atoms with van der Waals surface area (Å²) in [5.41, 5.74) is 1.04. The normalized spacial score (nSPS) is 12.0. The maximum atomic E-state index is 11.2. The molecule has 6 nitrogen and oxygen atoms in total. The fourth-order valence-electron chi connectivity index (χ4n) is 2.08. The summed E-state index contributed by atoms with van der Waals surface area (Å²) in [5.74, 6) is -2.10. The largest absolute Gasteiger partial charge is 0.481 e. The number of carbonyl (C=O) groups excluding carboxylic acids is 1. The van der Waals surface area contributed by atoms with E-state index in [1.807, 2.05) is 30.3 Å². The summed E-state index contributed by atoms with van der Waals surface area (Å²) < 4.78 is 0. The smallest absolute Gasteiger partial charge is 0.321 e. The van der Waals surface area contributed by atoms with Crippen molar-refractivity contribution < 1.29 is 24.6 Å². The third kappa shape index (κ3) is 6.18. The second-order valence-corrected chi connectivity index (χ2v) is 4.67. The molecular formula is C15H19NO5. The lowest BCUT2D eigenvalue weighted by Crippen LogP contribution is -2.43. The molecule has 6 heteroatoms. The van der Waals surface area contributed by atoms with Gasteiger partial charge in [-0.15, -0.1) is 0 Å². The van der Waals surface area contributed by atoms with Crippen LogP contribution in [0.15, 0.2) is 30.3 Å². The average molecular weight is 293 g/mol. The molecule has 1 unspecified atom stereocenters. The van der Waals surface area contributed by atoms with Gasteiger partial charge >= 0.3 is 11.9 Å². The number of hydrogen-bond donors (Lipinski definition) is 2. The van der Waals surface area contributed by atoms with Crippen molar-refractivity contribution in [3.8, 4) is 0 Å². The maximum Gasteiger partial charge on any atom is 0.321 e. The SMILES string of the molecule is O=CCC(C(=O)O)N(CCC(=O)O)CCc1ccccc1. The Labute approximate surface area is 123 Å². The minimum absolute atomic E-state index is 0.104. The zero-order valence-corrected chi connectivity index (χ0v) is 11.6. The molecule has 0 radical (unpaired) electrons. The molecule has 114 valence electrons. The number of aldehydes is 1. The van der Waals surface area contributed by atoms with Crippen LogP contribution in [0, 0.1) is 0 Å². The van der Waals surface area contributed by atoms with Crippen LogP contribution in [0.3, 0.4) is 0 Å². The van der Waals surface area contributed by atoms with E-state index in [0.29, 0.717) is 19.3 Å². The predicted molar refractivity (Wildman–Crippen MR) is 76.1 cm³/mol. The molecule has 2 N–H and O–H groups in total. The fourth-order valence-corrected chi connectivity index (χ4v) is 2.08. The van der Waals surface area contributed by atoms with Gasteiger partial charge in [0.05, 0.1) is 6.42 Å². The number of hydrogen-bond acceptors (Lipinski definition) is 4. The van der Waals surface area contributed by atoms with Crippen LogP contribution in [-0.4, -0.2) is 52.5 Å². The Kier molecular flexibility index (Phi) is 7.11. The minimum atomic E-state index is -1.11. The second kappa shape index (κ2) is 8.86. The molecule has 0 aliphatic carbocycles. The number of carbonyl (C=O) groups is 3. The van der Waals surface area contributed by atoms with E-state index in [9.17, 15) is 19.5 Å². The fraction of sp³-hybridized carbons (Fsp3) is 0.400. The molecule has 0 aromatic heterocycles. The first kappa shape index (κ1) is 16.8. The van der Waals surface area contributed by atoms with Crippen LogP contribution in [0.2, 0.25) is 0 Å². The Morgan fingerprint density at radius 1 is 1.14 bits per heavy atom. The van der Waals surface area contributed by atoms with Gasteiger partial charge in [0.2, 0.25) is 0 Å². The predicted octanol–water partition coefficient (Wildman–Crippen LogP) is 1.05. The standard InChI is InChI=1S/C15H19NO5/c17-11-8-13(15(20)21)16(10-7-14(18)19)9-6-12-4-2-1-3-5-12/h1-5,11,13H,6-10H2,(H,18,19)(H,20,21). The Hall–Kier alpha value is -2.21. The Morgan fingerprint density at radius 3 is 2.33 bits per heavy atom. The number of carboxylic acids is 2. The second-order valence-electron chi connectivity index (χ2n) is 4.67. The third-order valence-corrected chi connectivity index (χ3v) is 3.19. The van der Waals surface area contributed by atoms with Gasteiger partial charge in [-0.3, -0.25) is 14.5 Å². The Balaban J connectivity index is 2.72. The highest BCUT2D eigenvalue weighted by atomic mass is 16.4. The first-order chi connectivity index (χ1) is 10.0. The van der Waals surface area contributed by atoms with Gasteiger partial charge in [-0.05, 0) is 12.0 Å². The molecule has 1 rings (SSSR count). The van der Waals surface area contributed by atoms with Gasteiger partial charge in [-0.2, -0.15) is 0 Å². The number of nitrogens with zero attached hydrogens (tertiary/aromatic N) is 1. The van der Waals surface area contributed by atoms with Gasteiger partial charge < -0.3 is 15.0 Å². The van der Waals surface area contributed by atoms with Gasteiger partial charge in [-0.25, -0.2) is 0 Å². The van der Waals surface area contributed by atoms with Gasteiger partial charge in [0.25, 0.3) is 0 Å². The highest BCUT2D eigenvalue weighted by Crippen LogP contribution is 2.08.